The van der Waals surface area contributed by atoms with Crippen molar-refractivity contribution in [3.8, 4) is 5.75 Å². The Morgan fingerprint density at radius 1 is 1.00 bits per heavy atom. The molecule has 0 aliphatic carbocycles. The minimum absolute atomic E-state index is 0.103. The maximum atomic E-state index is 13.2. The van der Waals surface area contributed by atoms with Crippen molar-refractivity contribution in [2.75, 3.05) is 39.3 Å². The van der Waals surface area contributed by atoms with Gasteiger partial charge in [-0.2, -0.15) is 0 Å². The van der Waals surface area contributed by atoms with E-state index in [1.165, 1.54) is 0 Å². The molecule has 0 bridgehead atoms. The van der Waals surface area contributed by atoms with Crippen LogP contribution in [0.1, 0.15) is 21.6 Å². The van der Waals surface area contributed by atoms with Crippen LogP contribution in [0.5, 0.6) is 5.75 Å². The molecule has 0 radical (unpaired) electrons. The molecular weight excluding hydrogens is 362 g/mol. The predicted molar refractivity (Wildman–Crippen MR) is 115 cm³/mol. The lowest BCUT2D eigenvalue weighted by molar-refractivity contribution is 0.0622. The van der Waals surface area contributed by atoms with E-state index < -0.39 is 0 Å². The van der Waals surface area contributed by atoms with Gasteiger partial charge in [-0.15, -0.1) is 0 Å². The standard InChI is InChI=1S/C24H27N3O2/c1-18-8-9-23-21(16-18)22(17-19(2)25-23)24(28)27-12-10-26(11-13-27)14-15-29-20-6-4-3-5-7-20/h3-9,16-17H,10-15H2,1-2H3. The maximum Gasteiger partial charge on any atom is 0.254 e. The van der Waals surface area contributed by atoms with E-state index in [0.717, 1.165) is 66.2 Å². The molecule has 2 aromatic carbocycles. The van der Waals surface area contributed by atoms with Crippen LogP contribution in [-0.4, -0.2) is 60.0 Å². The summed E-state index contributed by atoms with van der Waals surface area (Å²) in [6.45, 7) is 8.72. The number of nitrogens with zero attached hydrogens (tertiary/aromatic N) is 3. The molecule has 1 aliphatic rings. The fourth-order valence-electron chi connectivity index (χ4n) is 3.80. The second-order valence-electron chi connectivity index (χ2n) is 7.63. The Hall–Kier alpha value is -2.92. The molecule has 1 aliphatic heterocycles. The monoisotopic (exact) mass is 389 g/mol. The van der Waals surface area contributed by atoms with Crippen molar-refractivity contribution in [1.82, 2.24) is 14.8 Å². The third-order valence-corrected chi connectivity index (χ3v) is 5.40. The number of carbonyl (C=O) groups excluding carboxylic acids is 1. The van der Waals surface area contributed by atoms with Gasteiger partial charge in [-0.3, -0.25) is 14.7 Å². The molecule has 0 spiro atoms. The molecule has 2 heterocycles. The molecule has 0 N–H and O–H groups in total. The predicted octanol–water partition coefficient (Wildman–Crippen LogP) is 3.69. The number of amides is 1. The van der Waals surface area contributed by atoms with E-state index in [2.05, 4.69) is 16.0 Å². The molecule has 4 rings (SSSR count). The molecule has 1 aromatic heterocycles. The number of pyridine rings is 1. The van der Waals surface area contributed by atoms with Gasteiger partial charge in [-0.1, -0.05) is 29.8 Å². The minimum atomic E-state index is 0.103. The van der Waals surface area contributed by atoms with E-state index in [1.54, 1.807) is 0 Å². The number of aryl methyl sites for hydroxylation is 2. The summed E-state index contributed by atoms with van der Waals surface area (Å²) in [6.07, 6.45) is 0. The molecule has 3 aromatic rings. The van der Waals surface area contributed by atoms with Gasteiger partial charge in [-0.25, -0.2) is 0 Å². The number of piperazine rings is 1. The van der Waals surface area contributed by atoms with Crippen molar-refractivity contribution in [2.45, 2.75) is 13.8 Å². The highest BCUT2D eigenvalue weighted by Gasteiger charge is 2.23. The van der Waals surface area contributed by atoms with E-state index >= 15 is 0 Å². The lowest BCUT2D eigenvalue weighted by atomic mass is 10.0. The van der Waals surface area contributed by atoms with Crippen LogP contribution >= 0.6 is 0 Å². The highest BCUT2D eigenvalue weighted by atomic mass is 16.5. The summed E-state index contributed by atoms with van der Waals surface area (Å²) in [5, 5.41) is 0.944. The van der Waals surface area contributed by atoms with Crippen LogP contribution in [0, 0.1) is 13.8 Å². The van der Waals surface area contributed by atoms with Crippen molar-refractivity contribution in [1.29, 1.82) is 0 Å². The maximum absolute atomic E-state index is 13.2. The van der Waals surface area contributed by atoms with Crippen LogP contribution in [-0.2, 0) is 0 Å². The first-order valence-electron chi connectivity index (χ1n) is 10.2. The molecule has 0 atom stereocenters. The van der Waals surface area contributed by atoms with E-state index in [0.29, 0.717) is 6.61 Å². The van der Waals surface area contributed by atoms with Gasteiger partial charge in [0, 0.05) is 43.8 Å². The summed E-state index contributed by atoms with van der Waals surface area (Å²) in [4.78, 5) is 22.1. The number of hydrogen-bond donors (Lipinski definition) is 0. The minimum Gasteiger partial charge on any atom is -0.492 e. The summed E-state index contributed by atoms with van der Waals surface area (Å²) in [5.74, 6) is 1.00. The van der Waals surface area contributed by atoms with Gasteiger partial charge in [0.15, 0.2) is 0 Å². The van der Waals surface area contributed by atoms with Crippen molar-refractivity contribution >= 4 is 16.8 Å². The first-order valence-corrected chi connectivity index (χ1v) is 10.2. The third-order valence-electron chi connectivity index (χ3n) is 5.40. The average molecular weight is 389 g/mol. The summed E-state index contributed by atoms with van der Waals surface area (Å²) in [7, 11) is 0. The van der Waals surface area contributed by atoms with Crippen LogP contribution in [0.15, 0.2) is 54.6 Å². The van der Waals surface area contributed by atoms with E-state index in [1.807, 2.05) is 67.3 Å². The summed E-state index contributed by atoms with van der Waals surface area (Å²) >= 11 is 0. The Labute approximate surface area is 171 Å². The van der Waals surface area contributed by atoms with Crippen molar-refractivity contribution in [2.24, 2.45) is 0 Å². The third kappa shape index (κ3) is 4.57. The van der Waals surface area contributed by atoms with Gasteiger partial charge in [-0.05, 0) is 44.2 Å². The first-order chi connectivity index (χ1) is 14.1. The highest BCUT2D eigenvalue weighted by molar-refractivity contribution is 6.06. The second kappa shape index (κ2) is 8.62. The molecule has 0 unspecified atom stereocenters. The molecule has 29 heavy (non-hydrogen) atoms. The van der Waals surface area contributed by atoms with Crippen LogP contribution in [0.4, 0.5) is 0 Å². The van der Waals surface area contributed by atoms with E-state index in [9.17, 15) is 4.79 Å². The number of hydrogen-bond acceptors (Lipinski definition) is 4. The van der Waals surface area contributed by atoms with E-state index in [-0.39, 0.29) is 5.91 Å². The van der Waals surface area contributed by atoms with E-state index in [4.69, 9.17) is 4.74 Å². The lowest BCUT2D eigenvalue weighted by Crippen LogP contribution is -2.49. The van der Waals surface area contributed by atoms with Crippen molar-refractivity contribution < 1.29 is 9.53 Å². The Balaban J connectivity index is 1.37. The van der Waals surface area contributed by atoms with Gasteiger partial charge < -0.3 is 9.64 Å². The second-order valence-corrected chi connectivity index (χ2v) is 7.63. The van der Waals surface area contributed by atoms with Crippen LogP contribution < -0.4 is 4.74 Å². The smallest absolute Gasteiger partial charge is 0.254 e. The molecule has 1 fully saturated rings. The molecule has 5 heteroatoms. The zero-order chi connectivity index (χ0) is 20.2. The first kappa shape index (κ1) is 19.4. The van der Waals surface area contributed by atoms with Gasteiger partial charge in [0.05, 0.1) is 11.1 Å². The zero-order valence-electron chi connectivity index (χ0n) is 17.1. The largest absolute Gasteiger partial charge is 0.492 e. The van der Waals surface area contributed by atoms with Gasteiger partial charge in [0.2, 0.25) is 0 Å². The molecule has 1 saturated heterocycles. The Morgan fingerprint density at radius 2 is 1.76 bits per heavy atom. The number of fused-ring (bicyclic) bond motifs is 1. The molecule has 150 valence electrons. The fourth-order valence-corrected chi connectivity index (χ4v) is 3.80. The van der Waals surface area contributed by atoms with Gasteiger partial charge in [0.1, 0.15) is 12.4 Å². The number of carbonyl (C=O) groups is 1. The Kier molecular flexibility index (Phi) is 5.76. The molecule has 1 amide bonds. The lowest BCUT2D eigenvalue weighted by Gasteiger charge is -2.34. The molecular formula is C24H27N3O2. The number of ether oxygens (including phenoxy) is 1. The fraction of sp³-hybridized carbons (Fsp3) is 0.333. The Bertz CT molecular complexity index is 996. The summed E-state index contributed by atoms with van der Waals surface area (Å²) in [6, 6.07) is 17.9. The normalized spacial score (nSPS) is 14.9. The quantitative estimate of drug-likeness (QED) is 0.668. The molecule has 5 nitrogen and oxygen atoms in total. The highest BCUT2D eigenvalue weighted by Crippen LogP contribution is 2.22. The number of benzene rings is 2. The average Bonchev–Trinajstić information content (AvgIpc) is 2.74. The Morgan fingerprint density at radius 3 is 2.52 bits per heavy atom. The number of para-hydroxylation sites is 1. The van der Waals surface area contributed by atoms with Crippen LogP contribution in [0.25, 0.3) is 10.9 Å². The SMILES string of the molecule is Cc1ccc2nc(C)cc(C(=O)N3CCN(CCOc4ccccc4)CC3)c2c1. The number of rotatable bonds is 5. The van der Waals surface area contributed by atoms with Gasteiger partial charge >= 0.3 is 0 Å². The zero-order valence-corrected chi connectivity index (χ0v) is 17.1. The summed E-state index contributed by atoms with van der Waals surface area (Å²) in [5.41, 5.74) is 3.66. The molecule has 0 saturated carbocycles. The number of aromatic nitrogens is 1. The topological polar surface area (TPSA) is 45.7 Å². The van der Waals surface area contributed by atoms with Crippen molar-refractivity contribution in [3.05, 3.63) is 71.4 Å². The van der Waals surface area contributed by atoms with Crippen LogP contribution in [0.2, 0.25) is 0 Å². The summed E-state index contributed by atoms with van der Waals surface area (Å²) < 4.78 is 5.80. The van der Waals surface area contributed by atoms with Gasteiger partial charge in [0.25, 0.3) is 5.91 Å². The van der Waals surface area contributed by atoms with Crippen molar-refractivity contribution in [3.63, 3.8) is 0 Å². The van der Waals surface area contributed by atoms with Crippen LogP contribution in [0.3, 0.4) is 0 Å².